The van der Waals surface area contributed by atoms with Crippen molar-refractivity contribution in [3.05, 3.63) is 35.4 Å². The molecule has 2 rings (SSSR count). The van der Waals surface area contributed by atoms with Crippen molar-refractivity contribution < 1.29 is 8.78 Å². The molecule has 0 aliphatic heterocycles. The molecule has 1 aromatic rings. The predicted octanol–water partition coefficient (Wildman–Crippen LogP) is 3.07. The smallest absolute Gasteiger partial charge is 0.162 e. The van der Waals surface area contributed by atoms with E-state index in [1.807, 2.05) is 7.05 Å². The van der Waals surface area contributed by atoms with E-state index in [4.69, 9.17) is 0 Å². The van der Waals surface area contributed by atoms with Crippen LogP contribution in [0.1, 0.15) is 31.2 Å². The maximum absolute atomic E-state index is 13.6. The average Bonchev–Trinajstić information content (AvgIpc) is 2.24. The Bertz CT molecular complexity index is 378. The lowest BCUT2D eigenvalue weighted by atomic mass is 9.65. The van der Waals surface area contributed by atoms with Crippen molar-refractivity contribution in [2.45, 2.75) is 31.7 Å². The molecule has 1 N–H and O–H groups in total. The number of rotatable bonds is 3. The summed E-state index contributed by atoms with van der Waals surface area (Å²) >= 11 is 0. The van der Waals surface area contributed by atoms with Gasteiger partial charge in [-0.1, -0.05) is 25.5 Å². The number of hydrogen-bond acceptors (Lipinski definition) is 1. The number of benzene rings is 1. The second kappa shape index (κ2) is 4.50. The Morgan fingerprint density at radius 3 is 2.75 bits per heavy atom. The molecule has 1 aromatic carbocycles. The van der Waals surface area contributed by atoms with Gasteiger partial charge < -0.3 is 5.32 Å². The molecule has 0 aromatic heterocycles. The third-order valence-electron chi connectivity index (χ3n) is 3.76. The molecular formula is C13H17F2N. The lowest BCUT2D eigenvalue weighted by Crippen LogP contribution is -2.47. The van der Waals surface area contributed by atoms with E-state index >= 15 is 0 Å². The first-order valence-corrected chi connectivity index (χ1v) is 5.80. The van der Waals surface area contributed by atoms with Crippen molar-refractivity contribution in [3.63, 3.8) is 0 Å². The third kappa shape index (κ3) is 1.73. The summed E-state index contributed by atoms with van der Waals surface area (Å²) in [5.41, 5.74) is 0.540. The Morgan fingerprint density at radius 2 is 2.12 bits per heavy atom. The van der Waals surface area contributed by atoms with Crippen molar-refractivity contribution in [2.75, 3.05) is 7.05 Å². The standard InChI is InChI=1S/C13H17F2N/c1-3-8-10(7-12(8)16-2)9-5-4-6-11(14)13(9)15/h4-6,8,10,12,16H,3,7H2,1-2H3. The molecule has 0 bridgehead atoms. The topological polar surface area (TPSA) is 12.0 Å². The SMILES string of the molecule is CCC1C(NC)CC1c1cccc(F)c1F. The molecule has 1 aliphatic carbocycles. The van der Waals surface area contributed by atoms with Gasteiger partial charge in [0.2, 0.25) is 0 Å². The molecule has 0 amide bonds. The van der Waals surface area contributed by atoms with Crippen LogP contribution in [0.4, 0.5) is 8.78 Å². The Hall–Kier alpha value is -0.960. The first kappa shape index (κ1) is 11.5. The van der Waals surface area contributed by atoms with Crippen LogP contribution >= 0.6 is 0 Å². The van der Waals surface area contributed by atoms with Crippen LogP contribution in [0, 0.1) is 17.6 Å². The minimum atomic E-state index is -0.736. The Balaban J connectivity index is 2.23. The van der Waals surface area contributed by atoms with Gasteiger partial charge in [0.15, 0.2) is 11.6 Å². The zero-order chi connectivity index (χ0) is 11.7. The zero-order valence-corrected chi connectivity index (χ0v) is 9.63. The lowest BCUT2D eigenvalue weighted by Gasteiger charge is -2.45. The van der Waals surface area contributed by atoms with E-state index in [2.05, 4.69) is 12.2 Å². The van der Waals surface area contributed by atoms with E-state index in [9.17, 15) is 8.78 Å². The second-order valence-corrected chi connectivity index (χ2v) is 4.45. The molecule has 3 heteroatoms. The summed E-state index contributed by atoms with van der Waals surface area (Å²) in [6.45, 7) is 2.10. The van der Waals surface area contributed by atoms with Crippen LogP contribution < -0.4 is 5.32 Å². The highest BCUT2D eigenvalue weighted by molar-refractivity contribution is 5.27. The third-order valence-corrected chi connectivity index (χ3v) is 3.76. The van der Waals surface area contributed by atoms with Crippen molar-refractivity contribution >= 4 is 0 Å². The minimum absolute atomic E-state index is 0.165. The molecule has 1 nitrogen and oxygen atoms in total. The molecule has 3 unspecified atom stereocenters. The van der Waals surface area contributed by atoms with E-state index in [-0.39, 0.29) is 5.92 Å². The second-order valence-electron chi connectivity index (χ2n) is 4.45. The molecule has 0 radical (unpaired) electrons. The van der Waals surface area contributed by atoms with Gasteiger partial charge in [0.25, 0.3) is 0 Å². The summed E-state index contributed by atoms with van der Waals surface area (Å²) in [6.07, 6.45) is 1.89. The van der Waals surface area contributed by atoms with Crippen LogP contribution in [0.25, 0.3) is 0 Å². The van der Waals surface area contributed by atoms with Crippen LogP contribution in [0.2, 0.25) is 0 Å². The average molecular weight is 225 g/mol. The van der Waals surface area contributed by atoms with E-state index in [0.717, 1.165) is 12.8 Å². The first-order valence-electron chi connectivity index (χ1n) is 5.80. The van der Waals surface area contributed by atoms with Crippen LogP contribution in [0.5, 0.6) is 0 Å². The molecule has 0 heterocycles. The van der Waals surface area contributed by atoms with Gasteiger partial charge in [0.05, 0.1) is 0 Å². The highest BCUT2D eigenvalue weighted by Crippen LogP contribution is 2.45. The van der Waals surface area contributed by atoms with Crippen molar-refractivity contribution in [1.82, 2.24) is 5.32 Å². The summed E-state index contributed by atoms with van der Waals surface area (Å²) in [4.78, 5) is 0. The fraction of sp³-hybridized carbons (Fsp3) is 0.538. The molecule has 0 spiro atoms. The van der Waals surface area contributed by atoms with Gasteiger partial charge in [-0.15, -0.1) is 0 Å². The molecule has 1 aliphatic rings. The zero-order valence-electron chi connectivity index (χ0n) is 9.63. The molecule has 1 fully saturated rings. The maximum atomic E-state index is 13.6. The Morgan fingerprint density at radius 1 is 1.38 bits per heavy atom. The highest BCUT2D eigenvalue weighted by atomic mass is 19.2. The summed E-state index contributed by atoms with van der Waals surface area (Å²) in [5.74, 6) is -0.819. The van der Waals surface area contributed by atoms with Crippen LogP contribution in [-0.2, 0) is 0 Å². The quantitative estimate of drug-likeness (QED) is 0.833. The van der Waals surface area contributed by atoms with E-state index in [1.165, 1.54) is 6.07 Å². The van der Waals surface area contributed by atoms with Crippen LogP contribution in [-0.4, -0.2) is 13.1 Å². The van der Waals surface area contributed by atoms with Crippen molar-refractivity contribution in [1.29, 1.82) is 0 Å². The van der Waals surface area contributed by atoms with Crippen molar-refractivity contribution in [3.8, 4) is 0 Å². The van der Waals surface area contributed by atoms with Gasteiger partial charge in [-0.3, -0.25) is 0 Å². The minimum Gasteiger partial charge on any atom is -0.317 e. The van der Waals surface area contributed by atoms with E-state index in [0.29, 0.717) is 17.5 Å². The van der Waals surface area contributed by atoms with Crippen molar-refractivity contribution in [2.24, 2.45) is 5.92 Å². The van der Waals surface area contributed by atoms with E-state index < -0.39 is 11.6 Å². The Kier molecular flexibility index (Phi) is 3.24. The molecule has 0 saturated heterocycles. The summed E-state index contributed by atoms with van der Waals surface area (Å²) in [6, 6.07) is 4.91. The summed E-state index contributed by atoms with van der Waals surface area (Å²) in [7, 11) is 1.92. The summed E-state index contributed by atoms with van der Waals surface area (Å²) < 4.78 is 26.7. The number of hydrogen-bond donors (Lipinski definition) is 1. The fourth-order valence-corrected chi connectivity index (χ4v) is 2.77. The number of halogens is 2. The fourth-order valence-electron chi connectivity index (χ4n) is 2.77. The molecule has 1 saturated carbocycles. The number of nitrogens with one attached hydrogen (secondary N) is 1. The Labute approximate surface area is 94.9 Å². The normalized spacial score (nSPS) is 28.9. The van der Waals surface area contributed by atoms with Gasteiger partial charge in [-0.2, -0.15) is 0 Å². The largest absolute Gasteiger partial charge is 0.317 e. The van der Waals surface area contributed by atoms with Crippen LogP contribution in [0.3, 0.4) is 0 Å². The molecule has 3 atom stereocenters. The molecular weight excluding hydrogens is 208 g/mol. The monoisotopic (exact) mass is 225 g/mol. The van der Waals surface area contributed by atoms with Gasteiger partial charge in [-0.25, -0.2) is 8.78 Å². The van der Waals surface area contributed by atoms with E-state index in [1.54, 1.807) is 12.1 Å². The van der Waals surface area contributed by atoms with Gasteiger partial charge >= 0.3 is 0 Å². The highest BCUT2D eigenvalue weighted by Gasteiger charge is 2.40. The van der Waals surface area contributed by atoms with Crippen LogP contribution in [0.15, 0.2) is 18.2 Å². The molecule has 88 valence electrons. The maximum Gasteiger partial charge on any atom is 0.162 e. The van der Waals surface area contributed by atoms with Gasteiger partial charge in [-0.05, 0) is 36.9 Å². The lowest BCUT2D eigenvalue weighted by molar-refractivity contribution is 0.165. The summed E-state index contributed by atoms with van der Waals surface area (Å²) in [5, 5.41) is 3.22. The van der Waals surface area contributed by atoms with Gasteiger partial charge in [0, 0.05) is 6.04 Å². The van der Waals surface area contributed by atoms with Gasteiger partial charge in [0.1, 0.15) is 0 Å². The molecule has 16 heavy (non-hydrogen) atoms. The predicted molar refractivity (Wildman–Crippen MR) is 60.3 cm³/mol. The first-order chi connectivity index (χ1) is 7.69.